The molecule has 6 atom stereocenters. The van der Waals surface area contributed by atoms with Crippen molar-refractivity contribution in [2.24, 2.45) is 29.4 Å². The molecule has 3 aliphatic rings. The Morgan fingerprint density at radius 1 is 1.09 bits per heavy atom. The molecule has 0 bridgehead atoms. The standard InChI is InChI=1S/C33H36N4O9S/c1-16-8-10-19(11-9-16)47(45,46)35-12-6-7-17-15-22(36(2)3)20-13-18-14-21-26(37(4)5)29(40)25(32(34)43)31(42)33(21,44)30(41)23(18)28(39)24(20)27(17)38/h8-11,15,18,21,23,25-26,35,38,44H,12-14H2,1-5H3,(H2,34,43)/t18-,21-,23?,25?,26?,33-/m0/s1. The average Bonchev–Trinajstić information content (AvgIpc) is 2.97. The topological polar surface area (TPSA) is 204 Å². The summed E-state index contributed by atoms with van der Waals surface area (Å²) in [5.74, 6) is -6.18. The molecule has 2 saturated carbocycles. The Morgan fingerprint density at radius 2 is 1.72 bits per heavy atom. The number of hydrogen-bond acceptors (Lipinski definition) is 11. The smallest absolute Gasteiger partial charge is 0.241 e. The highest BCUT2D eigenvalue weighted by Crippen LogP contribution is 2.52. The largest absolute Gasteiger partial charge is 0.506 e. The minimum atomic E-state index is -3.87. The van der Waals surface area contributed by atoms with Crippen LogP contribution in [0.1, 0.15) is 33.5 Å². The van der Waals surface area contributed by atoms with Crippen molar-refractivity contribution in [1.29, 1.82) is 0 Å². The first-order valence-corrected chi connectivity index (χ1v) is 16.4. The van der Waals surface area contributed by atoms with Crippen LogP contribution in [0.15, 0.2) is 35.2 Å². The van der Waals surface area contributed by atoms with Crippen LogP contribution in [-0.2, 0) is 35.6 Å². The van der Waals surface area contributed by atoms with Gasteiger partial charge in [-0.3, -0.25) is 28.9 Å². The normalized spacial score (nSPS) is 27.0. The van der Waals surface area contributed by atoms with Gasteiger partial charge in [-0.15, -0.1) is 0 Å². The maximum absolute atomic E-state index is 14.1. The number of likely N-dealkylation sites (N-methyl/N-ethyl adjacent to an activating group) is 1. The molecule has 0 radical (unpaired) electrons. The number of fused-ring (bicyclic) bond motifs is 3. The zero-order valence-electron chi connectivity index (χ0n) is 26.5. The number of nitrogens with zero attached hydrogens (tertiary/aromatic N) is 2. The van der Waals surface area contributed by atoms with Crippen LogP contribution in [0.25, 0.3) is 0 Å². The van der Waals surface area contributed by atoms with Gasteiger partial charge in [-0.2, -0.15) is 4.72 Å². The number of ketones is 4. The number of primary amides is 1. The van der Waals surface area contributed by atoms with E-state index in [1.165, 1.54) is 31.1 Å². The van der Waals surface area contributed by atoms with Gasteiger partial charge in [0.15, 0.2) is 34.7 Å². The van der Waals surface area contributed by atoms with Gasteiger partial charge in [0.1, 0.15) is 5.75 Å². The first-order valence-electron chi connectivity index (χ1n) is 14.9. The van der Waals surface area contributed by atoms with Crippen molar-refractivity contribution in [2.75, 3.05) is 39.6 Å². The Balaban J connectivity index is 1.53. The fourth-order valence-electron chi connectivity index (χ4n) is 7.22. The van der Waals surface area contributed by atoms with Crippen LogP contribution in [0.3, 0.4) is 0 Å². The number of rotatable bonds is 6. The minimum Gasteiger partial charge on any atom is -0.506 e. The molecule has 3 unspecified atom stereocenters. The first-order chi connectivity index (χ1) is 21.9. The van der Waals surface area contributed by atoms with Gasteiger partial charge in [0.05, 0.1) is 34.5 Å². The molecule has 2 aromatic carbocycles. The third-order valence-electron chi connectivity index (χ3n) is 9.42. The van der Waals surface area contributed by atoms with Crippen molar-refractivity contribution < 1.29 is 42.6 Å². The molecule has 47 heavy (non-hydrogen) atoms. The number of aromatic hydroxyl groups is 1. The average molecular weight is 665 g/mol. The summed E-state index contributed by atoms with van der Waals surface area (Å²) in [7, 11) is 2.60. The number of aryl methyl sites for hydroxylation is 1. The van der Waals surface area contributed by atoms with Crippen molar-refractivity contribution in [3.63, 3.8) is 0 Å². The van der Waals surface area contributed by atoms with Gasteiger partial charge in [-0.05, 0) is 63.5 Å². The van der Waals surface area contributed by atoms with Crippen molar-refractivity contribution >= 4 is 44.8 Å². The van der Waals surface area contributed by atoms with E-state index in [-0.39, 0.29) is 35.4 Å². The highest BCUT2D eigenvalue weighted by atomic mass is 32.2. The summed E-state index contributed by atoms with van der Waals surface area (Å²) in [6.45, 7) is 1.51. The molecule has 5 rings (SSSR count). The summed E-state index contributed by atoms with van der Waals surface area (Å²) in [6.07, 6.45) is 0.0250. The summed E-state index contributed by atoms with van der Waals surface area (Å²) >= 11 is 0. The Hall–Kier alpha value is -4.42. The van der Waals surface area contributed by atoms with E-state index in [1.54, 1.807) is 37.2 Å². The molecule has 2 aromatic rings. The van der Waals surface area contributed by atoms with Crippen molar-refractivity contribution in [3.05, 3.63) is 52.6 Å². The number of amides is 1. The monoisotopic (exact) mass is 664 g/mol. The van der Waals surface area contributed by atoms with E-state index in [1.807, 2.05) is 6.92 Å². The fourth-order valence-corrected chi connectivity index (χ4v) is 8.14. The van der Waals surface area contributed by atoms with E-state index in [2.05, 4.69) is 16.6 Å². The maximum Gasteiger partial charge on any atom is 0.241 e. The van der Waals surface area contributed by atoms with Crippen molar-refractivity contribution in [1.82, 2.24) is 9.62 Å². The molecule has 0 aromatic heterocycles. The summed E-state index contributed by atoms with van der Waals surface area (Å²) in [4.78, 5) is 70.4. The number of carbonyl (C=O) groups is 5. The highest BCUT2D eigenvalue weighted by Gasteiger charge is 2.69. The van der Waals surface area contributed by atoms with Crippen LogP contribution >= 0.6 is 0 Å². The van der Waals surface area contributed by atoms with Gasteiger partial charge in [0, 0.05) is 25.7 Å². The quantitative estimate of drug-likeness (QED) is 0.230. The third-order valence-corrected chi connectivity index (χ3v) is 10.8. The Morgan fingerprint density at radius 3 is 2.30 bits per heavy atom. The predicted octanol–water partition coefficient (Wildman–Crippen LogP) is -0.429. The van der Waals surface area contributed by atoms with E-state index in [0.29, 0.717) is 11.3 Å². The lowest BCUT2D eigenvalue weighted by atomic mass is 9.52. The molecule has 13 nitrogen and oxygen atoms in total. The number of nitrogens with one attached hydrogen (secondary N) is 1. The zero-order valence-corrected chi connectivity index (χ0v) is 27.3. The molecule has 2 fully saturated rings. The van der Waals surface area contributed by atoms with Crippen LogP contribution in [0.4, 0.5) is 5.69 Å². The molecule has 0 saturated heterocycles. The lowest BCUT2D eigenvalue weighted by molar-refractivity contribution is -0.181. The number of phenols is 1. The lowest BCUT2D eigenvalue weighted by Gasteiger charge is -2.52. The molecule has 14 heteroatoms. The zero-order chi connectivity index (χ0) is 34.7. The number of Topliss-reactive ketones (excluding diaryl/α,β-unsaturated/α-hetero) is 4. The summed E-state index contributed by atoms with van der Waals surface area (Å²) in [5.41, 5.74) is 4.16. The maximum atomic E-state index is 14.1. The molecule has 248 valence electrons. The molecule has 0 aliphatic heterocycles. The van der Waals surface area contributed by atoms with Crippen molar-refractivity contribution in [2.45, 2.75) is 36.3 Å². The molecule has 0 heterocycles. The van der Waals surface area contributed by atoms with Gasteiger partial charge in [0.25, 0.3) is 0 Å². The Bertz CT molecular complexity index is 1890. The van der Waals surface area contributed by atoms with Gasteiger partial charge in [0.2, 0.25) is 15.9 Å². The van der Waals surface area contributed by atoms with Gasteiger partial charge < -0.3 is 20.8 Å². The molecule has 3 aliphatic carbocycles. The van der Waals surface area contributed by atoms with E-state index >= 15 is 0 Å². The number of carbonyl (C=O) groups excluding carboxylic acids is 5. The lowest BCUT2D eigenvalue weighted by Crippen LogP contribution is -2.74. The van der Waals surface area contributed by atoms with Crippen LogP contribution in [0, 0.1) is 42.4 Å². The van der Waals surface area contributed by atoms with Gasteiger partial charge in [-0.1, -0.05) is 29.5 Å². The second-order valence-electron chi connectivity index (χ2n) is 12.8. The molecule has 5 N–H and O–H groups in total. The second-order valence-corrected chi connectivity index (χ2v) is 14.5. The molecular formula is C33H36N4O9S. The van der Waals surface area contributed by atoms with Gasteiger partial charge >= 0.3 is 0 Å². The Labute approximate surface area is 272 Å². The number of phenolic OH excluding ortho intramolecular Hbond substituents is 1. The van der Waals surface area contributed by atoms with Crippen LogP contribution in [-0.4, -0.2) is 98.9 Å². The van der Waals surface area contributed by atoms with Crippen LogP contribution in [0.2, 0.25) is 0 Å². The minimum absolute atomic E-state index is 0.00515. The third kappa shape index (κ3) is 5.42. The van der Waals surface area contributed by atoms with Crippen LogP contribution < -0.4 is 15.4 Å². The molecule has 1 amide bonds. The van der Waals surface area contributed by atoms with Gasteiger partial charge in [-0.25, -0.2) is 8.42 Å². The number of nitrogens with two attached hydrogens (primary N) is 1. The molecular weight excluding hydrogens is 628 g/mol. The predicted molar refractivity (Wildman–Crippen MR) is 169 cm³/mol. The number of anilines is 1. The highest BCUT2D eigenvalue weighted by molar-refractivity contribution is 7.89. The number of sulfonamides is 1. The van der Waals surface area contributed by atoms with E-state index < -0.39 is 80.1 Å². The SMILES string of the molecule is Cc1ccc(S(=O)(=O)NCC#Cc2cc(N(C)C)c3c(c2O)C(=O)C2C(=O)[C@]4(O)C(=O)C(C(N)=O)C(=O)C(N(C)C)[C@@H]4C[C@@H]2C3)cc1. The first kappa shape index (κ1) is 33.9. The van der Waals surface area contributed by atoms with E-state index in [9.17, 15) is 42.6 Å². The van der Waals surface area contributed by atoms with Crippen LogP contribution in [0.5, 0.6) is 5.75 Å². The molecule has 0 spiro atoms. The Kier molecular flexibility index (Phi) is 8.65. The number of hydrogen-bond donors (Lipinski definition) is 4. The van der Waals surface area contributed by atoms with Crippen molar-refractivity contribution in [3.8, 4) is 17.6 Å². The van der Waals surface area contributed by atoms with E-state index in [4.69, 9.17) is 5.73 Å². The number of aliphatic hydroxyl groups is 1. The second kappa shape index (κ2) is 12.0. The number of benzene rings is 2. The summed E-state index contributed by atoms with van der Waals surface area (Å²) in [5, 5.41) is 23.1. The summed E-state index contributed by atoms with van der Waals surface area (Å²) < 4.78 is 27.7. The van der Waals surface area contributed by atoms with E-state index in [0.717, 1.165) is 5.56 Å². The summed E-state index contributed by atoms with van der Waals surface area (Å²) in [6, 6.07) is 6.60. The fraction of sp³-hybridized carbons (Fsp3) is 0.424.